The number of carbonyl (C=O) groups excluding carboxylic acids is 3. The van der Waals surface area contributed by atoms with E-state index >= 15 is 0 Å². The van der Waals surface area contributed by atoms with E-state index in [1.54, 1.807) is 38.5 Å². The summed E-state index contributed by atoms with van der Waals surface area (Å²) in [6.07, 6.45) is -1.68. The third kappa shape index (κ3) is 8.54. The van der Waals surface area contributed by atoms with Crippen molar-refractivity contribution in [2.45, 2.75) is 58.0 Å². The number of benzene rings is 3. The van der Waals surface area contributed by atoms with Gasteiger partial charge in [-0.1, -0.05) is 42.5 Å². The number of para-hydroxylation sites is 1. The minimum absolute atomic E-state index is 0.171. The second kappa shape index (κ2) is 14.9. The molecule has 1 aliphatic heterocycles. The number of esters is 1. The molecule has 0 saturated heterocycles. The number of aromatic nitrogens is 2. The fraction of sp³-hybridized carbons (Fsp3) is 0.316. The van der Waals surface area contributed by atoms with Crippen molar-refractivity contribution in [3.05, 3.63) is 125 Å². The molecule has 2 atom stereocenters. The topological polar surface area (TPSA) is 96.8 Å². The van der Waals surface area contributed by atoms with Crippen molar-refractivity contribution in [1.82, 2.24) is 20.0 Å². The van der Waals surface area contributed by atoms with Gasteiger partial charge in [0.1, 0.15) is 23.3 Å². The minimum atomic E-state index is -4.68. The summed E-state index contributed by atoms with van der Waals surface area (Å²) >= 11 is 0. The zero-order valence-electron chi connectivity index (χ0n) is 28.9. The van der Waals surface area contributed by atoms with Crippen LogP contribution in [0.2, 0.25) is 0 Å². The van der Waals surface area contributed by atoms with Crippen LogP contribution in [0.25, 0.3) is 5.69 Å². The van der Waals surface area contributed by atoms with Gasteiger partial charge < -0.3 is 10.1 Å². The van der Waals surface area contributed by atoms with Crippen LogP contribution in [0.3, 0.4) is 0 Å². The number of carbonyl (C=O) groups is 3. The molecular formula is C38H39F4N5O4. The van der Waals surface area contributed by atoms with Gasteiger partial charge in [0.25, 0.3) is 11.8 Å². The van der Waals surface area contributed by atoms with E-state index < -0.39 is 52.9 Å². The summed E-state index contributed by atoms with van der Waals surface area (Å²) in [6, 6.07) is 17.3. The number of halogens is 4. The lowest BCUT2D eigenvalue weighted by Gasteiger charge is -2.38. The van der Waals surface area contributed by atoms with E-state index in [2.05, 4.69) is 5.32 Å². The number of hydrogen-bond donors (Lipinski definition) is 1. The summed E-state index contributed by atoms with van der Waals surface area (Å²) < 4.78 is 61.9. The predicted octanol–water partition coefficient (Wildman–Crippen LogP) is 6.66. The number of fused-ring (bicyclic) bond motifs is 1. The van der Waals surface area contributed by atoms with Crippen LogP contribution in [0.5, 0.6) is 0 Å². The highest BCUT2D eigenvalue weighted by atomic mass is 19.4. The zero-order chi connectivity index (χ0) is 37.1. The Labute approximate surface area is 293 Å². The van der Waals surface area contributed by atoms with Gasteiger partial charge in [-0.3, -0.25) is 19.4 Å². The molecule has 2 amide bonds. The molecule has 0 aliphatic carbocycles. The first-order valence-corrected chi connectivity index (χ1v) is 16.4. The second-order valence-corrected chi connectivity index (χ2v) is 13.2. The van der Waals surface area contributed by atoms with Gasteiger partial charge in [0.2, 0.25) is 0 Å². The summed E-state index contributed by atoms with van der Waals surface area (Å²) in [4.78, 5) is 43.7. The summed E-state index contributed by atoms with van der Waals surface area (Å²) in [5.74, 6) is -2.87. The largest absolute Gasteiger partial charge is 0.457 e. The Kier molecular flexibility index (Phi) is 10.8. The van der Waals surface area contributed by atoms with Gasteiger partial charge >= 0.3 is 12.1 Å². The fourth-order valence-corrected chi connectivity index (χ4v) is 6.02. The van der Waals surface area contributed by atoms with E-state index in [4.69, 9.17) is 9.84 Å². The van der Waals surface area contributed by atoms with E-state index in [1.807, 2.05) is 42.3 Å². The van der Waals surface area contributed by atoms with E-state index in [1.165, 1.54) is 41.3 Å². The monoisotopic (exact) mass is 705 g/mol. The third-order valence-electron chi connectivity index (χ3n) is 8.19. The second-order valence-electron chi connectivity index (χ2n) is 13.2. The molecule has 1 aliphatic rings. The molecule has 9 nitrogen and oxygen atoms in total. The fourth-order valence-electron chi connectivity index (χ4n) is 6.02. The summed E-state index contributed by atoms with van der Waals surface area (Å²) in [7, 11) is 1.82. The minimum Gasteiger partial charge on any atom is -0.457 e. The summed E-state index contributed by atoms with van der Waals surface area (Å²) in [5.41, 5.74) is 0.306. The quantitative estimate of drug-likeness (QED) is 0.113. The molecule has 0 saturated carbocycles. The first-order chi connectivity index (χ1) is 24.1. The molecular weight excluding hydrogens is 666 g/mol. The number of rotatable bonds is 10. The summed E-state index contributed by atoms with van der Waals surface area (Å²) in [6.45, 7) is 7.79. The van der Waals surface area contributed by atoms with Crippen LogP contribution < -0.4 is 10.2 Å². The Morgan fingerprint density at radius 1 is 1.00 bits per heavy atom. The maximum Gasteiger partial charge on any atom is 0.416 e. The number of nitrogens with one attached hydrogen (secondary N) is 1. The first kappa shape index (κ1) is 37.0. The van der Waals surface area contributed by atoms with Gasteiger partial charge in [-0.25, -0.2) is 13.9 Å². The average Bonchev–Trinajstić information content (AvgIpc) is 3.43. The van der Waals surface area contributed by atoms with Gasteiger partial charge in [0.05, 0.1) is 16.9 Å². The molecule has 0 radical (unpaired) electrons. The SMILES string of the molecule is CCN1C(=O)[C@@H](NC(=O)c2cccc(C(F)(F)F)c2)[C@@H](c2ccc(F)cc2)c2c(CN(C)C/C=C/C(=O)OC(C)(C)C)nn(-c3ccccc3)c21. The van der Waals surface area contributed by atoms with Crippen LogP contribution in [0.15, 0.2) is 91.0 Å². The molecule has 0 spiro atoms. The number of nitrogens with zero attached hydrogens (tertiary/aromatic N) is 4. The third-order valence-corrected chi connectivity index (χ3v) is 8.19. The zero-order valence-corrected chi connectivity index (χ0v) is 28.9. The number of hydrogen-bond acceptors (Lipinski definition) is 6. The van der Waals surface area contributed by atoms with Crippen LogP contribution in [-0.4, -0.2) is 64.2 Å². The van der Waals surface area contributed by atoms with Crippen LogP contribution in [-0.2, 0) is 27.0 Å². The van der Waals surface area contributed by atoms with E-state index in [-0.39, 0.29) is 18.7 Å². The van der Waals surface area contributed by atoms with Crippen molar-refractivity contribution in [2.75, 3.05) is 25.0 Å². The standard InChI is InChI=1S/C38H39F4N5O4/c1-6-46-35-32(29(44-47(35)28-14-8-7-9-15-28)23-45(5)21-11-16-30(48)51-37(2,3)4)31(24-17-19-27(39)20-18-24)33(36(46)50)43-34(49)25-12-10-13-26(22-25)38(40,41)42/h7-20,22,31,33H,6,21,23H2,1-5H3,(H,43,49)/b16-11+/t31-,33-/m0/s1. The number of amides is 2. The van der Waals surface area contributed by atoms with Gasteiger partial charge in [0.15, 0.2) is 0 Å². The molecule has 4 aromatic rings. The van der Waals surface area contributed by atoms with Crippen LogP contribution in [0, 0.1) is 5.82 Å². The molecule has 5 rings (SSSR count). The Morgan fingerprint density at radius 2 is 1.69 bits per heavy atom. The maximum absolute atomic E-state index is 14.4. The van der Waals surface area contributed by atoms with Crippen molar-refractivity contribution in [3.8, 4) is 5.69 Å². The smallest absolute Gasteiger partial charge is 0.416 e. The van der Waals surface area contributed by atoms with Crippen molar-refractivity contribution in [2.24, 2.45) is 0 Å². The van der Waals surface area contributed by atoms with Crippen LogP contribution >= 0.6 is 0 Å². The maximum atomic E-state index is 14.4. The highest BCUT2D eigenvalue weighted by molar-refractivity contribution is 6.05. The summed E-state index contributed by atoms with van der Waals surface area (Å²) in [5, 5.41) is 7.71. The van der Waals surface area contributed by atoms with Gasteiger partial charge in [-0.15, -0.1) is 0 Å². The first-order valence-electron chi connectivity index (χ1n) is 16.4. The molecule has 1 N–H and O–H groups in total. The normalized spacial score (nSPS) is 16.4. The van der Waals surface area contributed by atoms with Crippen molar-refractivity contribution in [1.29, 1.82) is 0 Å². The number of anilines is 1. The number of alkyl halides is 3. The predicted molar refractivity (Wildman–Crippen MR) is 184 cm³/mol. The lowest BCUT2D eigenvalue weighted by Crippen LogP contribution is -2.55. The lowest BCUT2D eigenvalue weighted by molar-refractivity contribution is -0.148. The Balaban J connectivity index is 1.62. The lowest BCUT2D eigenvalue weighted by atomic mass is 9.80. The Hall–Kier alpha value is -5.30. The van der Waals surface area contributed by atoms with E-state index in [9.17, 15) is 31.9 Å². The number of ether oxygens (including phenoxy) is 1. The molecule has 268 valence electrons. The molecule has 0 bridgehead atoms. The van der Waals surface area contributed by atoms with E-state index in [0.717, 1.165) is 18.2 Å². The van der Waals surface area contributed by atoms with Crippen molar-refractivity contribution in [3.63, 3.8) is 0 Å². The molecule has 3 aromatic carbocycles. The number of likely N-dealkylation sites (N-methyl/N-ethyl adjacent to an activating group) is 2. The molecule has 0 fully saturated rings. The molecule has 2 heterocycles. The van der Waals surface area contributed by atoms with Gasteiger partial charge in [-0.05, 0) is 82.8 Å². The highest BCUT2D eigenvalue weighted by Crippen LogP contribution is 2.44. The van der Waals surface area contributed by atoms with Crippen LogP contribution in [0.4, 0.5) is 23.4 Å². The molecule has 13 heteroatoms. The molecule has 1 aromatic heterocycles. The van der Waals surface area contributed by atoms with Crippen molar-refractivity contribution >= 4 is 23.6 Å². The van der Waals surface area contributed by atoms with E-state index in [0.29, 0.717) is 34.9 Å². The Bertz CT molecular complexity index is 1920. The Morgan fingerprint density at radius 3 is 2.31 bits per heavy atom. The van der Waals surface area contributed by atoms with Crippen molar-refractivity contribution < 1.29 is 36.7 Å². The highest BCUT2D eigenvalue weighted by Gasteiger charge is 2.46. The molecule has 51 heavy (non-hydrogen) atoms. The van der Waals surface area contributed by atoms with Gasteiger partial charge in [-0.2, -0.15) is 18.3 Å². The van der Waals surface area contributed by atoms with Crippen LogP contribution in [0.1, 0.15) is 66.4 Å². The van der Waals surface area contributed by atoms with Gasteiger partial charge in [0, 0.05) is 42.8 Å². The average molecular weight is 706 g/mol. The molecule has 0 unspecified atom stereocenters.